The van der Waals surface area contributed by atoms with E-state index in [1.807, 2.05) is 0 Å². The predicted molar refractivity (Wildman–Crippen MR) is 64.3 cm³/mol. The number of likely N-dealkylation sites (N-methyl/N-ethyl adjacent to an activating group) is 1. The smallest absolute Gasteiger partial charge is 0.0600 e. The molecular weight excluding hydrogens is 283 g/mol. The first-order valence-corrected chi connectivity index (χ1v) is 5.80. The lowest BCUT2D eigenvalue weighted by atomic mass is 10.3. The Hall–Kier alpha value is 0.740. The molecule has 1 atom stereocenters. The molecule has 1 fully saturated rings. The zero-order chi connectivity index (χ0) is 8.97. The Morgan fingerprint density at radius 1 is 1.42 bits per heavy atom. The van der Waals surface area contributed by atoms with Crippen molar-refractivity contribution in [3.05, 3.63) is 0 Å². The van der Waals surface area contributed by atoms with Gasteiger partial charge >= 0.3 is 0 Å². The molecule has 1 saturated heterocycles. The number of alkyl halides is 1. The molecule has 4 heteroatoms. The summed E-state index contributed by atoms with van der Waals surface area (Å²) >= 11 is 7.11. The molecule has 1 heterocycles. The number of nitrogens with zero attached hydrogens (tertiary/aromatic N) is 2. The summed E-state index contributed by atoms with van der Waals surface area (Å²) in [5.41, 5.74) is 0. The molecule has 1 aliphatic rings. The number of piperazine rings is 1. The van der Waals surface area contributed by atoms with Gasteiger partial charge in [0.15, 0.2) is 0 Å². The van der Waals surface area contributed by atoms with Crippen LogP contribution in [0.4, 0.5) is 0 Å². The molecule has 2 nitrogen and oxygen atoms in total. The Bertz CT molecular complexity index is 146. The summed E-state index contributed by atoms with van der Waals surface area (Å²) in [5.74, 6) is 0. The molecule has 1 rings (SSSR count). The topological polar surface area (TPSA) is 6.48 Å². The fraction of sp³-hybridized carbons (Fsp3) is 0.875. The normalized spacial score (nSPS) is 23.8. The van der Waals surface area contributed by atoms with Crippen molar-refractivity contribution in [2.75, 3.05) is 39.8 Å². The van der Waals surface area contributed by atoms with Crippen LogP contribution in [0.1, 0.15) is 0 Å². The zero-order valence-corrected chi connectivity index (χ0v) is 10.3. The maximum atomic E-state index is 4.77. The van der Waals surface area contributed by atoms with Crippen molar-refractivity contribution < 1.29 is 0 Å². The van der Waals surface area contributed by atoms with E-state index in [4.69, 9.17) is 12.2 Å². The van der Waals surface area contributed by atoms with Crippen LogP contribution in [-0.4, -0.2) is 58.9 Å². The van der Waals surface area contributed by atoms with Crippen LogP contribution in [-0.2, 0) is 0 Å². The van der Waals surface area contributed by atoms with Gasteiger partial charge in [-0.1, -0.05) is 34.8 Å². The molecule has 0 amide bonds. The fourth-order valence-electron chi connectivity index (χ4n) is 1.29. The minimum Gasteiger partial charge on any atom is -0.304 e. The molecule has 1 aliphatic heterocycles. The molecule has 0 aromatic heterocycles. The summed E-state index contributed by atoms with van der Waals surface area (Å²) in [4.78, 5) is 4.82. The number of halogens is 1. The van der Waals surface area contributed by atoms with Crippen LogP contribution >= 0.6 is 34.8 Å². The minimum absolute atomic E-state index is 0.404. The van der Waals surface area contributed by atoms with Crippen molar-refractivity contribution in [1.82, 2.24) is 9.80 Å². The molecule has 0 saturated carbocycles. The van der Waals surface area contributed by atoms with Gasteiger partial charge in [0.2, 0.25) is 0 Å². The zero-order valence-electron chi connectivity index (χ0n) is 7.29. The second kappa shape index (κ2) is 5.47. The van der Waals surface area contributed by atoms with Crippen molar-refractivity contribution in [2.45, 2.75) is 3.92 Å². The maximum Gasteiger partial charge on any atom is 0.0600 e. The molecule has 1 radical (unpaired) electrons. The molecule has 0 aromatic rings. The first kappa shape index (κ1) is 10.8. The number of rotatable bonds is 3. The van der Waals surface area contributed by atoms with Gasteiger partial charge in [-0.05, 0) is 7.05 Å². The minimum atomic E-state index is 0.404. The van der Waals surface area contributed by atoms with E-state index in [1.165, 1.54) is 26.2 Å². The van der Waals surface area contributed by atoms with Gasteiger partial charge in [-0.25, -0.2) is 0 Å². The Labute approximate surface area is 93.4 Å². The summed E-state index contributed by atoms with van der Waals surface area (Å²) in [7, 11) is 2.17. The van der Waals surface area contributed by atoms with Gasteiger partial charge in [-0.15, -0.1) is 0 Å². The number of thiocarbonyl (C=S) groups is 1. The molecule has 12 heavy (non-hydrogen) atoms. The van der Waals surface area contributed by atoms with E-state index in [9.17, 15) is 0 Å². The van der Waals surface area contributed by atoms with Crippen LogP contribution in [0.5, 0.6) is 0 Å². The number of hydrogen-bond donors (Lipinski definition) is 0. The van der Waals surface area contributed by atoms with Crippen LogP contribution in [0.25, 0.3) is 0 Å². The molecule has 0 bridgehead atoms. The van der Waals surface area contributed by atoms with E-state index in [2.05, 4.69) is 44.8 Å². The van der Waals surface area contributed by atoms with E-state index in [0.29, 0.717) is 3.92 Å². The highest BCUT2D eigenvalue weighted by Crippen LogP contribution is 2.04. The lowest BCUT2D eigenvalue weighted by Gasteiger charge is -2.32. The van der Waals surface area contributed by atoms with Gasteiger partial charge in [-0.3, -0.25) is 4.90 Å². The highest BCUT2D eigenvalue weighted by Gasteiger charge is 2.15. The highest BCUT2D eigenvalue weighted by molar-refractivity contribution is 14.1. The Morgan fingerprint density at radius 3 is 2.50 bits per heavy atom. The lowest BCUT2D eigenvalue weighted by Crippen LogP contribution is -2.46. The van der Waals surface area contributed by atoms with Crippen molar-refractivity contribution in [3.63, 3.8) is 0 Å². The second-order valence-corrected chi connectivity index (χ2v) is 4.93. The molecular formula is C8H14IN2S. The van der Waals surface area contributed by atoms with Gasteiger partial charge in [0.05, 0.1) is 3.92 Å². The standard InChI is InChI=1S/C8H14IN2S/c1-10-2-4-11(5-3-10)6-8(9)7-12/h8H,2-6H2,1H3. The summed E-state index contributed by atoms with van der Waals surface area (Å²) in [6.45, 7) is 5.78. The largest absolute Gasteiger partial charge is 0.304 e. The fourth-order valence-corrected chi connectivity index (χ4v) is 1.93. The highest BCUT2D eigenvalue weighted by atomic mass is 127. The first-order valence-electron chi connectivity index (χ1n) is 4.15. The third kappa shape index (κ3) is 3.64. The molecule has 0 N–H and O–H groups in total. The first-order chi connectivity index (χ1) is 5.72. The second-order valence-electron chi connectivity index (χ2n) is 3.19. The molecule has 1 unspecified atom stereocenters. The molecule has 0 spiro atoms. The van der Waals surface area contributed by atoms with Crippen LogP contribution in [0.2, 0.25) is 0 Å². The summed E-state index contributed by atoms with van der Waals surface area (Å²) in [5, 5.41) is 2.84. The van der Waals surface area contributed by atoms with Crippen LogP contribution < -0.4 is 0 Å². The van der Waals surface area contributed by atoms with E-state index in [1.54, 1.807) is 0 Å². The summed E-state index contributed by atoms with van der Waals surface area (Å²) < 4.78 is 0.404. The van der Waals surface area contributed by atoms with Gasteiger partial charge < -0.3 is 4.90 Å². The predicted octanol–water partition coefficient (Wildman–Crippen LogP) is 0.914. The average molecular weight is 297 g/mol. The molecule has 69 valence electrons. The van der Waals surface area contributed by atoms with Gasteiger partial charge in [0.1, 0.15) is 0 Å². The Morgan fingerprint density at radius 2 is 2.00 bits per heavy atom. The summed E-state index contributed by atoms with van der Waals surface area (Å²) in [6, 6.07) is 0. The van der Waals surface area contributed by atoms with E-state index >= 15 is 0 Å². The van der Waals surface area contributed by atoms with Crippen molar-refractivity contribution in [1.29, 1.82) is 0 Å². The maximum absolute atomic E-state index is 4.77. The monoisotopic (exact) mass is 297 g/mol. The lowest BCUT2D eigenvalue weighted by molar-refractivity contribution is 0.159. The van der Waals surface area contributed by atoms with Gasteiger partial charge in [-0.2, -0.15) is 0 Å². The van der Waals surface area contributed by atoms with Crippen molar-refractivity contribution in [3.8, 4) is 0 Å². The SMILES string of the molecule is CN1CCN(CC(I)[C]=S)CC1. The van der Waals surface area contributed by atoms with Crippen LogP contribution in [0.15, 0.2) is 0 Å². The van der Waals surface area contributed by atoms with E-state index in [-0.39, 0.29) is 0 Å². The van der Waals surface area contributed by atoms with E-state index < -0.39 is 0 Å². The Balaban J connectivity index is 2.21. The third-order valence-electron chi connectivity index (χ3n) is 2.14. The average Bonchev–Trinajstić information content (AvgIpc) is 2.09. The van der Waals surface area contributed by atoms with Crippen molar-refractivity contribution >= 4 is 40.2 Å². The third-order valence-corrected chi connectivity index (χ3v) is 3.55. The van der Waals surface area contributed by atoms with Crippen LogP contribution in [0.3, 0.4) is 0 Å². The Kier molecular flexibility index (Phi) is 4.93. The molecule has 0 aliphatic carbocycles. The number of hydrogen-bond acceptors (Lipinski definition) is 3. The summed E-state index contributed by atoms with van der Waals surface area (Å²) in [6.07, 6.45) is 0. The van der Waals surface area contributed by atoms with Crippen molar-refractivity contribution in [2.24, 2.45) is 0 Å². The van der Waals surface area contributed by atoms with E-state index in [0.717, 1.165) is 6.54 Å². The molecule has 0 aromatic carbocycles. The van der Waals surface area contributed by atoms with Gasteiger partial charge in [0.25, 0.3) is 0 Å². The van der Waals surface area contributed by atoms with Gasteiger partial charge in [0, 0.05) is 38.1 Å². The quantitative estimate of drug-likeness (QED) is 0.434. The van der Waals surface area contributed by atoms with Crippen LogP contribution in [0, 0.1) is 0 Å².